The molecule has 0 aliphatic carbocycles. The molecule has 7 heteroatoms. The first-order valence-corrected chi connectivity index (χ1v) is 10.2. The van der Waals surface area contributed by atoms with Gasteiger partial charge in [-0.3, -0.25) is 9.59 Å². The summed E-state index contributed by atoms with van der Waals surface area (Å²) in [5, 5.41) is 0. The van der Waals surface area contributed by atoms with Crippen molar-refractivity contribution < 1.29 is 23.1 Å². The van der Waals surface area contributed by atoms with E-state index in [0.29, 0.717) is 31.7 Å². The van der Waals surface area contributed by atoms with Crippen molar-refractivity contribution in [1.82, 2.24) is 4.90 Å². The number of amides is 2. The van der Waals surface area contributed by atoms with Crippen molar-refractivity contribution in [3.8, 4) is 0 Å². The fraction of sp³-hybridized carbons (Fsp3) is 0.391. The lowest BCUT2D eigenvalue weighted by Crippen LogP contribution is -2.55. The van der Waals surface area contributed by atoms with Gasteiger partial charge in [0, 0.05) is 18.8 Å². The first kappa shape index (κ1) is 20.5. The molecule has 2 heterocycles. The molecular weight excluding hydrogens is 390 g/mol. The van der Waals surface area contributed by atoms with E-state index in [-0.39, 0.29) is 36.5 Å². The number of morpholine rings is 1. The quantitative estimate of drug-likeness (QED) is 0.774. The molecule has 0 unspecified atom stereocenters. The maximum Gasteiger partial charge on any atom is 0.253 e. The van der Waals surface area contributed by atoms with Crippen molar-refractivity contribution in [2.24, 2.45) is 0 Å². The van der Waals surface area contributed by atoms with Gasteiger partial charge in [-0.1, -0.05) is 12.1 Å². The molecule has 30 heavy (non-hydrogen) atoms. The highest BCUT2D eigenvalue weighted by atomic mass is 19.1. The van der Waals surface area contributed by atoms with Crippen LogP contribution in [0.25, 0.3) is 0 Å². The molecule has 0 bridgehead atoms. The summed E-state index contributed by atoms with van der Waals surface area (Å²) in [5.74, 6) is -0.821. The van der Waals surface area contributed by atoms with Gasteiger partial charge in [0.15, 0.2) is 0 Å². The predicted octanol–water partition coefficient (Wildman–Crippen LogP) is 3.32. The van der Waals surface area contributed by atoms with Gasteiger partial charge in [0.05, 0.1) is 18.6 Å². The first-order chi connectivity index (χ1) is 14.4. The number of anilines is 1. The molecule has 2 fully saturated rings. The summed E-state index contributed by atoms with van der Waals surface area (Å²) < 4.78 is 32.3. The second-order valence-electron chi connectivity index (χ2n) is 7.97. The third-order valence-corrected chi connectivity index (χ3v) is 5.91. The standard InChI is InChI=1S/C23H24F2N2O3/c24-18-4-2-17(3-5-18)14-21(28)26-12-1-10-23(11-13-26)16-27(22(29)15-30-23)20-8-6-19(25)7-9-20/h2-9H,1,10-16H2/t23-/m0/s1. The zero-order valence-corrected chi connectivity index (χ0v) is 16.7. The van der Waals surface area contributed by atoms with E-state index in [1.807, 2.05) is 4.90 Å². The lowest BCUT2D eigenvalue weighted by Gasteiger charge is -2.42. The summed E-state index contributed by atoms with van der Waals surface area (Å²) in [6.07, 6.45) is 2.35. The first-order valence-electron chi connectivity index (χ1n) is 10.2. The van der Waals surface area contributed by atoms with Crippen LogP contribution in [0.2, 0.25) is 0 Å². The minimum atomic E-state index is -0.521. The zero-order chi connectivity index (χ0) is 21.1. The maximum absolute atomic E-state index is 13.3. The Morgan fingerprint density at radius 2 is 1.63 bits per heavy atom. The molecule has 5 nitrogen and oxygen atoms in total. The minimum Gasteiger partial charge on any atom is -0.363 e. The van der Waals surface area contributed by atoms with Crippen LogP contribution in [0.1, 0.15) is 24.8 Å². The largest absolute Gasteiger partial charge is 0.363 e. The van der Waals surface area contributed by atoms with E-state index in [4.69, 9.17) is 4.74 Å². The van der Waals surface area contributed by atoms with E-state index in [9.17, 15) is 18.4 Å². The van der Waals surface area contributed by atoms with Gasteiger partial charge in [0.2, 0.25) is 5.91 Å². The molecule has 1 spiro atoms. The number of rotatable bonds is 3. The molecule has 2 aromatic carbocycles. The Kier molecular flexibility index (Phi) is 5.81. The number of benzene rings is 2. The van der Waals surface area contributed by atoms with E-state index >= 15 is 0 Å². The monoisotopic (exact) mass is 414 g/mol. The average molecular weight is 414 g/mol. The number of nitrogens with zero attached hydrogens (tertiary/aromatic N) is 2. The van der Waals surface area contributed by atoms with Crippen LogP contribution < -0.4 is 4.90 Å². The van der Waals surface area contributed by atoms with E-state index < -0.39 is 5.60 Å². The fourth-order valence-corrected chi connectivity index (χ4v) is 4.18. The van der Waals surface area contributed by atoms with Crippen molar-refractivity contribution in [2.45, 2.75) is 31.3 Å². The van der Waals surface area contributed by atoms with Gasteiger partial charge in [-0.2, -0.15) is 0 Å². The highest BCUT2D eigenvalue weighted by Gasteiger charge is 2.41. The molecule has 2 saturated heterocycles. The summed E-state index contributed by atoms with van der Waals surface area (Å²) >= 11 is 0. The molecular formula is C23H24F2N2O3. The summed E-state index contributed by atoms with van der Waals surface area (Å²) in [6.45, 7) is 1.51. The predicted molar refractivity (Wildman–Crippen MR) is 108 cm³/mol. The van der Waals surface area contributed by atoms with Crippen molar-refractivity contribution >= 4 is 17.5 Å². The van der Waals surface area contributed by atoms with E-state index in [2.05, 4.69) is 0 Å². The number of hydrogen-bond donors (Lipinski definition) is 0. The van der Waals surface area contributed by atoms with Gasteiger partial charge >= 0.3 is 0 Å². The molecule has 0 aromatic heterocycles. The van der Waals surface area contributed by atoms with Crippen LogP contribution in [0.3, 0.4) is 0 Å². The third kappa shape index (κ3) is 4.51. The highest BCUT2D eigenvalue weighted by Crippen LogP contribution is 2.33. The number of halogens is 2. The maximum atomic E-state index is 13.3. The normalized spacial score (nSPS) is 22.3. The Morgan fingerprint density at radius 1 is 0.967 bits per heavy atom. The summed E-state index contributed by atoms with van der Waals surface area (Å²) in [7, 11) is 0. The fourth-order valence-electron chi connectivity index (χ4n) is 4.18. The van der Waals surface area contributed by atoms with Gasteiger partial charge in [-0.25, -0.2) is 8.78 Å². The Labute approximate surface area is 174 Å². The van der Waals surface area contributed by atoms with Crippen LogP contribution in [0.4, 0.5) is 14.5 Å². The smallest absolute Gasteiger partial charge is 0.253 e. The number of likely N-dealkylation sites (tertiary alicyclic amines) is 1. The molecule has 4 rings (SSSR count). The van der Waals surface area contributed by atoms with Gasteiger partial charge in [0.25, 0.3) is 5.91 Å². The number of carbonyl (C=O) groups is 2. The van der Waals surface area contributed by atoms with Crippen molar-refractivity contribution in [1.29, 1.82) is 0 Å². The van der Waals surface area contributed by atoms with E-state index in [1.165, 1.54) is 24.3 Å². The van der Waals surface area contributed by atoms with Gasteiger partial charge in [0.1, 0.15) is 18.2 Å². The van der Waals surface area contributed by atoms with Gasteiger partial charge in [-0.05, 0) is 61.2 Å². The molecule has 0 N–H and O–H groups in total. The van der Waals surface area contributed by atoms with Crippen LogP contribution in [0, 0.1) is 11.6 Å². The molecule has 2 aromatic rings. The third-order valence-electron chi connectivity index (χ3n) is 5.91. The molecule has 2 aliphatic heterocycles. The minimum absolute atomic E-state index is 0.000865. The average Bonchev–Trinajstić information content (AvgIpc) is 2.95. The van der Waals surface area contributed by atoms with Crippen molar-refractivity contribution in [3.63, 3.8) is 0 Å². The SMILES string of the molecule is O=C(Cc1ccc(F)cc1)N1CCC[C@]2(CC1)CN(c1ccc(F)cc1)C(=O)CO2. The molecule has 2 amide bonds. The van der Waals surface area contributed by atoms with Crippen LogP contribution in [-0.2, 0) is 20.7 Å². The summed E-state index contributed by atoms with van der Waals surface area (Å²) in [4.78, 5) is 28.6. The lowest BCUT2D eigenvalue weighted by molar-refractivity contribution is -0.141. The van der Waals surface area contributed by atoms with Crippen molar-refractivity contribution in [2.75, 3.05) is 31.1 Å². The second kappa shape index (κ2) is 8.52. The molecule has 0 radical (unpaired) electrons. The van der Waals surface area contributed by atoms with E-state index in [1.54, 1.807) is 29.2 Å². The molecule has 0 saturated carbocycles. The lowest BCUT2D eigenvalue weighted by atomic mass is 9.92. The summed E-state index contributed by atoms with van der Waals surface area (Å²) in [5.41, 5.74) is 0.910. The van der Waals surface area contributed by atoms with Gasteiger partial charge in [-0.15, -0.1) is 0 Å². The Balaban J connectivity index is 1.42. The second-order valence-corrected chi connectivity index (χ2v) is 7.97. The highest BCUT2D eigenvalue weighted by molar-refractivity contribution is 5.95. The van der Waals surface area contributed by atoms with Crippen LogP contribution in [-0.4, -0.2) is 48.6 Å². The van der Waals surface area contributed by atoms with Crippen LogP contribution in [0.5, 0.6) is 0 Å². The van der Waals surface area contributed by atoms with Crippen LogP contribution in [0.15, 0.2) is 48.5 Å². The van der Waals surface area contributed by atoms with Gasteiger partial charge < -0.3 is 14.5 Å². The van der Waals surface area contributed by atoms with Crippen molar-refractivity contribution in [3.05, 3.63) is 65.7 Å². The Bertz CT molecular complexity index is 917. The summed E-state index contributed by atoms with van der Waals surface area (Å²) in [6, 6.07) is 11.9. The topological polar surface area (TPSA) is 49.9 Å². The van der Waals surface area contributed by atoms with Crippen LogP contribution >= 0.6 is 0 Å². The Hall–Kier alpha value is -2.80. The number of carbonyl (C=O) groups excluding carboxylic acids is 2. The van der Waals surface area contributed by atoms with E-state index in [0.717, 1.165) is 18.4 Å². The Morgan fingerprint density at radius 3 is 2.33 bits per heavy atom. The molecule has 158 valence electrons. The molecule has 1 atom stereocenters. The number of hydrogen-bond acceptors (Lipinski definition) is 3. The number of ether oxygens (including phenoxy) is 1. The molecule has 2 aliphatic rings. The zero-order valence-electron chi connectivity index (χ0n) is 16.7.